The number of hydrogen-bond acceptors (Lipinski definition) is 3. The van der Waals surface area contributed by atoms with Crippen molar-refractivity contribution < 1.29 is 9.32 Å². The molecule has 0 atom stereocenters. The molecule has 1 fully saturated rings. The maximum Gasteiger partial charge on any atom is 0.225 e. The van der Waals surface area contributed by atoms with Gasteiger partial charge in [0, 0.05) is 12.5 Å². The average Bonchev–Trinajstić information content (AvgIpc) is 2.76. The first-order valence-electron chi connectivity index (χ1n) is 4.47. The summed E-state index contributed by atoms with van der Waals surface area (Å²) in [7, 11) is 0. The van der Waals surface area contributed by atoms with E-state index in [9.17, 15) is 4.79 Å². The zero-order valence-electron chi connectivity index (χ0n) is 7.54. The first kappa shape index (κ1) is 8.29. The van der Waals surface area contributed by atoms with Crippen LogP contribution in [0.1, 0.15) is 25.0 Å². The zero-order valence-corrected chi connectivity index (χ0v) is 7.54. The van der Waals surface area contributed by atoms with E-state index in [0.29, 0.717) is 23.9 Å². The quantitative estimate of drug-likeness (QED) is 0.770. The number of nitrogens with one attached hydrogen (secondary N) is 1. The average molecular weight is 180 g/mol. The number of rotatable bonds is 3. The summed E-state index contributed by atoms with van der Waals surface area (Å²) in [6.07, 6.45) is 2.99. The van der Waals surface area contributed by atoms with Crippen molar-refractivity contribution in [2.75, 3.05) is 5.32 Å². The van der Waals surface area contributed by atoms with Crippen molar-refractivity contribution in [3.05, 3.63) is 11.8 Å². The minimum Gasteiger partial charge on any atom is -0.360 e. The number of amides is 1. The summed E-state index contributed by atoms with van der Waals surface area (Å²) in [4.78, 5) is 11.3. The summed E-state index contributed by atoms with van der Waals surface area (Å²) in [6, 6.07) is 1.71. The number of hydrogen-bond donors (Lipinski definition) is 1. The Kier molecular flexibility index (Phi) is 2.04. The zero-order chi connectivity index (χ0) is 9.26. The second kappa shape index (κ2) is 3.20. The van der Waals surface area contributed by atoms with E-state index >= 15 is 0 Å². The van der Waals surface area contributed by atoms with Gasteiger partial charge in [-0.15, -0.1) is 0 Å². The molecule has 2 rings (SSSR count). The van der Waals surface area contributed by atoms with Crippen molar-refractivity contribution in [2.45, 2.75) is 26.2 Å². The van der Waals surface area contributed by atoms with Crippen LogP contribution in [0.25, 0.3) is 0 Å². The summed E-state index contributed by atoms with van der Waals surface area (Å²) in [6.45, 7) is 1.80. The molecule has 0 saturated heterocycles. The second-order valence-electron chi connectivity index (χ2n) is 3.52. The third kappa shape index (κ3) is 2.31. The van der Waals surface area contributed by atoms with Crippen LogP contribution in [0.2, 0.25) is 0 Å². The molecule has 0 bridgehead atoms. The number of carbonyl (C=O) groups is 1. The Morgan fingerprint density at radius 2 is 2.54 bits per heavy atom. The predicted molar refractivity (Wildman–Crippen MR) is 47.2 cm³/mol. The summed E-state index contributed by atoms with van der Waals surface area (Å²) >= 11 is 0. The highest BCUT2D eigenvalue weighted by Crippen LogP contribution is 2.32. The fourth-order valence-electron chi connectivity index (χ4n) is 1.20. The van der Waals surface area contributed by atoms with Gasteiger partial charge in [-0.2, -0.15) is 0 Å². The second-order valence-corrected chi connectivity index (χ2v) is 3.52. The van der Waals surface area contributed by atoms with Crippen molar-refractivity contribution in [1.29, 1.82) is 0 Å². The molecule has 0 aliphatic heterocycles. The number of nitrogens with zero attached hydrogens (tertiary/aromatic N) is 1. The highest BCUT2D eigenvalue weighted by Gasteiger charge is 2.24. The molecule has 70 valence electrons. The van der Waals surface area contributed by atoms with E-state index in [1.54, 1.807) is 13.0 Å². The van der Waals surface area contributed by atoms with Crippen LogP contribution in [0.5, 0.6) is 0 Å². The summed E-state index contributed by atoms with van der Waals surface area (Å²) in [5.74, 6) is 1.87. The van der Waals surface area contributed by atoms with E-state index < -0.39 is 0 Å². The van der Waals surface area contributed by atoms with Gasteiger partial charge < -0.3 is 9.84 Å². The van der Waals surface area contributed by atoms with Crippen molar-refractivity contribution in [1.82, 2.24) is 5.16 Å². The number of aromatic nitrogens is 1. The van der Waals surface area contributed by atoms with Crippen molar-refractivity contribution >= 4 is 11.7 Å². The fourth-order valence-corrected chi connectivity index (χ4v) is 1.20. The van der Waals surface area contributed by atoms with Crippen molar-refractivity contribution in [3.63, 3.8) is 0 Å². The van der Waals surface area contributed by atoms with Gasteiger partial charge in [0.05, 0.1) is 0 Å². The van der Waals surface area contributed by atoms with Crippen LogP contribution in [0.3, 0.4) is 0 Å². The molecule has 1 aliphatic rings. The van der Waals surface area contributed by atoms with Gasteiger partial charge in [0.25, 0.3) is 0 Å². The smallest absolute Gasteiger partial charge is 0.225 e. The first-order chi connectivity index (χ1) is 6.24. The maximum atomic E-state index is 11.3. The minimum atomic E-state index is 0.0378. The normalized spacial score (nSPS) is 15.8. The van der Waals surface area contributed by atoms with Crippen LogP contribution in [0.15, 0.2) is 10.6 Å². The van der Waals surface area contributed by atoms with E-state index in [4.69, 9.17) is 4.52 Å². The van der Waals surface area contributed by atoms with Crippen LogP contribution in [0, 0.1) is 12.8 Å². The van der Waals surface area contributed by atoms with Gasteiger partial charge in [0.1, 0.15) is 5.76 Å². The van der Waals surface area contributed by atoms with E-state index in [1.165, 1.54) is 12.8 Å². The first-order valence-corrected chi connectivity index (χ1v) is 4.47. The maximum absolute atomic E-state index is 11.3. The van der Waals surface area contributed by atoms with Crippen molar-refractivity contribution in [3.8, 4) is 0 Å². The number of anilines is 1. The molecule has 1 saturated carbocycles. The monoisotopic (exact) mass is 180 g/mol. The Balaban J connectivity index is 1.85. The van der Waals surface area contributed by atoms with E-state index in [1.807, 2.05) is 0 Å². The lowest BCUT2D eigenvalue weighted by Gasteiger charge is -1.97. The van der Waals surface area contributed by atoms with Gasteiger partial charge in [-0.25, -0.2) is 0 Å². The van der Waals surface area contributed by atoms with Gasteiger partial charge >= 0.3 is 0 Å². The Morgan fingerprint density at radius 3 is 3.08 bits per heavy atom. The molecule has 4 nitrogen and oxygen atoms in total. The van der Waals surface area contributed by atoms with E-state index in [0.717, 1.165) is 0 Å². The summed E-state index contributed by atoms with van der Waals surface area (Å²) < 4.78 is 4.82. The number of aryl methyl sites for hydroxylation is 1. The molecule has 4 heteroatoms. The lowest BCUT2D eigenvalue weighted by Crippen LogP contribution is -2.11. The van der Waals surface area contributed by atoms with Crippen LogP contribution in [-0.2, 0) is 4.79 Å². The lowest BCUT2D eigenvalue weighted by molar-refractivity contribution is -0.116. The summed E-state index contributed by atoms with van der Waals surface area (Å²) in [5.41, 5.74) is 0. The molecule has 1 aromatic heterocycles. The van der Waals surface area contributed by atoms with Gasteiger partial charge in [-0.1, -0.05) is 5.16 Å². The molecule has 1 amide bonds. The van der Waals surface area contributed by atoms with Crippen LogP contribution < -0.4 is 5.32 Å². The highest BCUT2D eigenvalue weighted by molar-refractivity contribution is 5.89. The Morgan fingerprint density at radius 1 is 1.77 bits per heavy atom. The molecule has 0 aromatic carbocycles. The largest absolute Gasteiger partial charge is 0.360 e. The van der Waals surface area contributed by atoms with E-state index in [-0.39, 0.29) is 5.91 Å². The van der Waals surface area contributed by atoms with Gasteiger partial charge in [-0.05, 0) is 25.7 Å². The van der Waals surface area contributed by atoms with Crippen LogP contribution in [-0.4, -0.2) is 11.1 Å². The van der Waals surface area contributed by atoms with E-state index in [2.05, 4.69) is 10.5 Å². The van der Waals surface area contributed by atoms with Gasteiger partial charge in [0.15, 0.2) is 5.82 Å². The Hall–Kier alpha value is -1.32. The number of carbonyl (C=O) groups excluding carboxylic acids is 1. The fraction of sp³-hybridized carbons (Fsp3) is 0.556. The van der Waals surface area contributed by atoms with Gasteiger partial charge in [0.2, 0.25) is 5.91 Å². The third-order valence-electron chi connectivity index (χ3n) is 2.07. The van der Waals surface area contributed by atoms with Crippen LogP contribution in [0.4, 0.5) is 5.82 Å². The summed E-state index contributed by atoms with van der Waals surface area (Å²) in [5, 5.41) is 6.37. The molecule has 0 unspecified atom stereocenters. The third-order valence-corrected chi connectivity index (χ3v) is 2.07. The topological polar surface area (TPSA) is 55.1 Å². The standard InChI is InChI=1S/C9H12N2O2/c1-6-4-8(11-13-6)10-9(12)5-7-2-3-7/h4,7H,2-3,5H2,1H3,(H,10,11,12). The molecule has 1 N–H and O–H groups in total. The molecular formula is C9H12N2O2. The molecule has 1 aromatic rings. The molecule has 1 aliphatic carbocycles. The SMILES string of the molecule is Cc1cc(NC(=O)CC2CC2)no1. The highest BCUT2D eigenvalue weighted by atomic mass is 16.5. The predicted octanol–water partition coefficient (Wildman–Crippen LogP) is 1.72. The minimum absolute atomic E-state index is 0.0378. The molecule has 0 spiro atoms. The molecule has 0 radical (unpaired) electrons. The van der Waals surface area contributed by atoms with Crippen molar-refractivity contribution in [2.24, 2.45) is 5.92 Å². The lowest BCUT2D eigenvalue weighted by atomic mass is 10.3. The molecular weight excluding hydrogens is 168 g/mol. The Bertz CT molecular complexity index is 315. The molecule has 1 heterocycles. The molecule has 13 heavy (non-hydrogen) atoms. The van der Waals surface area contributed by atoms with Crippen LogP contribution >= 0.6 is 0 Å². The Labute approximate surface area is 76.3 Å². The van der Waals surface area contributed by atoms with Gasteiger partial charge in [-0.3, -0.25) is 4.79 Å².